The first-order chi connectivity index (χ1) is 21.3. The zero-order valence-corrected chi connectivity index (χ0v) is 29.6. The number of aliphatic hydroxyl groups excluding tert-OH is 1. The Bertz CT molecular complexity index is 1250. The van der Waals surface area contributed by atoms with Crippen LogP contribution in [0.1, 0.15) is 42.7 Å². The van der Waals surface area contributed by atoms with Crippen molar-refractivity contribution in [2.24, 2.45) is 0 Å². The van der Waals surface area contributed by atoms with Gasteiger partial charge in [0.2, 0.25) is 0 Å². The van der Waals surface area contributed by atoms with E-state index in [9.17, 15) is 5.11 Å². The number of hydrogen-bond acceptors (Lipinski definition) is 10. The highest BCUT2D eigenvalue weighted by Crippen LogP contribution is 2.44. The summed E-state index contributed by atoms with van der Waals surface area (Å²) in [6, 6.07) is 10.8. The minimum absolute atomic E-state index is 0.363. The number of aliphatic hydroxyl groups is 1. The first kappa shape index (κ1) is 38.4. The summed E-state index contributed by atoms with van der Waals surface area (Å²) in [7, 11) is 11.1. The Labute approximate surface area is 281 Å². The Morgan fingerprint density at radius 1 is 0.667 bits per heavy atom. The summed E-state index contributed by atoms with van der Waals surface area (Å²) < 4.78 is 50.7. The fraction of sp³-hybridized carbons (Fsp3) is 0.625. The van der Waals surface area contributed by atoms with Crippen LogP contribution in [-0.2, 0) is 42.6 Å². The third kappa shape index (κ3) is 7.65. The first-order valence-corrected chi connectivity index (χ1v) is 15.4. The molecule has 1 N–H and O–H groups in total. The van der Waals surface area contributed by atoms with Crippen LogP contribution in [0.3, 0.4) is 0 Å². The van der Waals surface area contributed by atoms with Crippen LogP contribution >= 0.6 is 34.8 Å². The van der Waals surface area contributed by atoms with Gasteiger partial charge < -0.3 is 47.7 Å². The highest BCUT2D eigenvalue weighted by Gasteiger charge is 2.59. The molecule has 0 spiro atoms. The van der Waals surface area contributed by atoms with E-state index in [4.69, 9.17) is 77.4 Å². The van der Waals surface area contributed by atoms with Crippen molar-refractivity contribution in [3.63, 3.8) is 0 Å². The lowest BCUT2D eigenvalue weighted by atomic mass is 9.88. The minimum Gasteiger partial charge on any atom is -0.386 e. The molecule has 0 radical (unpaired) electrons. The summed E-state index contributed by atoms with van der Waals surface area (Å²) in [6.45, 7) is 5.71. The molecule has 45 heavy (non-hydrogen) atoms. The molecule has 0 bridgehead atoms. The maximum absolute atomic E-state index is 10.7. The molecule has 0 unspecified atom stereocenters. The molecular formula is C32H45Cl3O10. The molecule has 0 aromatic heterocycles. The van der Waals surface area contributed by atoms with E-state index in [2.05, 4.69) is 0 Å². The molecular weight excluding hydrogens is 651 g/mol. The van der Waals surface area contributed by atoms with Gasteiger partial charge in [0.1, 0.15) is 47.8 Å². The molecule has 10 atom stereocenters. The van der Waals surface area contributed by atoms with Gasteiger partial charge in [0.05, 0.1) is 10.0 Å². The average Bonchev–Trinajstić information content (AvgIpc) is 3.50. The van der Waals surface area contributed by atoms with E-state index in [0.717, 1.165) is 11.1 Å². The Morgan fingerprint density at radius 2 is 1.16 bits per heavy atom. The SMILES string of the molecule is CO[C@@H]1O[C@H]([C@H](O)c2ccc(Cl)c(Cl)c2)[C@@](C)(OC)[C@H]1OC.CO[C@@H]1O[C@H]([C@H](OC)c2ccc(C)c(Cl)c2)[C@@](C)(OC)[C@H]1OC. The molecule has 10 nitrogen and oxygen atoms in total. The molecule has 2 aliphatic rings. The van der Waals surface area contributed by atoms with Gasteiger partial charge in [-0.05, 0) is 55.7 Å². The van der Waals surface area contributed by atoms with Crippen molar-refractivity contribution in [3.05, 3.63) is 68.2 Å². The van der Waals surface area contributed by atoms with Crippen LogP contribution in [0.5, 0.6) is 0 Å². The zero-order chi connectivity index (χ0) is 33.7. The van der Waals surface area contributed by atoms with Gasteiger partial charge in [-0.1, -0.05) is 53.0 Å². The molecule has 2 fully saturated rings. The fourth-order valence-corrected chi connectivity index (χ4v) is 6.43. The van der Waals surface area contributed by atoms with Gasteiger partial charge in [0.15, 0.2) is 12.6 Å². The number of benzene rings is 2. The quantitative estimate of drug-likeness (QED) is 0.304. The Morgan fingerprint density at radius 3 is 1.60 bits per heavy atom. The standard InChI is InChI=1S/C17H25ClO5.C15H20Cl2O5/c1-10-7-8-11(9-12(10)18)13(19-3)14-17(2,22-6)15(20-4)16(21-5)23-14;1-15(21-4)12(22-14(20-3)13(15)19-2)11(18)8-5-6-9(16)10(17)7-8/h7-9,13-16H,1-6H3;5-7,11-14,18H,1-4H3/t13-,14-,15+,16-,17-;11-,12-,13+,14-,15-/m11/s1. The summed E-state index contributed by atoms with van der Waals surface area (Å²) >= 11 is 18.2. The van der Waals surface area contributed by atoms with Crippen LogP contribution in [0.4, 0.5) is 0 Å². The van der Waals surface area contributed by atoms with Gasteiger partial charge in [-0.2, -0.15) is 0 Å². The number of aryl methyl sites for hydroxylation is 1. The Kier molecular flexibility index (Phi) is 13.9. The smallest absolute Gasteiger partial charge is 0.186 e. The van der Waals surface area contributed by atoms with Crippen molar-refractivity contribution in [2.45, 2.75) is 81.2 Å². The molecule has 13 heteroatoms. The second-order valence-corrected chi connectivity index (χ2v) is 12.4. The molecule has 4 rings (SSSR count). The second-order valence-electron chi connectivity index (χ2n) is 11.2. The van der Waals surface area contributed by atoms with E-state index in [0.29, 0.717) is 20.6 Å². The summed E-state index contributed by atoms with van der Waals surface area (Å²) in [6.07, 6.45) is -4.47. The van der Waals surface area contributed by atoms with Crippen molar-refractivity contribution >= 4 is 34.8 Å². The summed E-state index contributed by atoms with van der Waals surface area (Å²) in [5.41, 5.74) is 0.892. The molecule has 2 heterocycles. The van der Waals surface area contributed by atoms with Crippen molar-refractivity contribution in [1.82, 2.24) is 0 Å². The number of methoxy groups -OCH3 is 7. The lowest BCUT2D eigenvalue weighted by Gasteiger charge is -2.36. The summed E-state index contributed by atoms with van der Waals surface area (Å²) in [4.78, 5) is 0. The normalized spacial score (nSPS) is 32.7. The second kappa shape index (κ2) is 16.3. The molecule has 0 aliphatic carbocycles. The molecule has 0 saturated carbocycles. The number of rotatable bonds is 11. The van der Waals surface area contributed by atoms with Gasteiger partial charge in [-0.15, -0.1) is 0 Å². The minimum atomic E-state index is -0.975. The van der Waals surface area contributed by atoms with Gasteiger partial charge in [-0.3, -0.25) is 0 Å². The maximum Gasteiger partial charge on any atom is 0.186 e. The highest BCUT2D eigenvalue weighted by molar-refractivity contribution is 6.42. The molecule has 2 aromatic rings. The summed E-state index contributed by atoms with van der Waals surface area (Å²) in [5.74, 6) is 0. The average molecular weight is 696 g/mol. The van der Waals surface area contributed by atoms with E-state index in [-0.39, 0.29) is 12.2 Å². The van der Waals surface area contributed by atoms with Crippen molar-refractivity contribution in [3.8, 4) is 0 Å². The largest absolute Gasteiger partial charge is 0.386 e. The number of hydrogen-bond donors (Lipinski definition) is 1. The molecule has 2 aliphatic heterocycles. The highest BCUT2D eigenvalue weighted by atomic mass is 35.5. The third-order valence-corrected chi connectivity index (χ3v) is 9.94. The predicted molar refractivity (Wildman–Crippen MR) is 171 cm³/mol. The van der Waals surface area contributed by atoms with E-state index >= 15 is 0 Å². The van der Waals surface area contributed by atoms with Gasteiger partial charge in [0.25, 0.3) is 0 Å². The first-order valence-electron chi connectivity index (χ1n) is 14.3. The van der Waals surface area contributed by atoms with Crippen LogP contribution in [0.25, 0.3) is 0 Å². The Hall–Kier alpha value is -1.09. The van der Waals surface area contributed by atoms with E-state index in [1.54, 1.807) is 60.9 Å². The van der Waals surface area contributed by atoms with E-state index in [1.807, 2.05) is 39.0 Å². The zero-order valence-electron chi connectivity index (χ0n) is 27.3. The van der Waals surface area contributed by atoms with Crippen LogP contribution in [0.15, 0.2) is 36.4 Å². The van der Waals surface area contributed by atoms with Crippen molar-refractivity contribution < 1.29 is 47.7 Å². The van der Waals surface area contributed by atoms with Gasteiger partial charge >= 0.3 is 0 Å². The lowest BCUT2D eigenvalue weighted by molar-refractivity contribution is -0.172. The molecule has 254 valence electrons. The summed E-state index contributed by atoms with van der Waals surface area (Å²) in [5, 5.41) is 12.2. The number of halogens is 3. The third-order valence-electron chi connectivity index (χ3n) is 8.79. The molecule has 2 aromatic carbocycles. The van der Waals surface area contributed by atoms with Crippen LogP contribution in [0, 0.1) is 6.92 Å². The lowest BCUT2D eigenvalue weighted by Crippen LogP contribution is -2.50. The van der Waals surface area contributed by atoms with Crippen LogP contribution in [-0.4, -0.2) is 103 Å². The molecule has 2 saturated heterocycles. The predicted octanol–water partition coefficient (Wildman–Crippen LogP) is 5.95. The van der Waals surface area contributed by atoms with E-state index < -0.39 is 48.2 Å². The molecule has 0 amide bonds. The monoisotopic (exact) mass is 694 g/mol. The maximum atomic E-state index is 10.7. The Balaban J connectivity index is 0.000000246. The van der Waals surface area contributed by atoms with Gasteiger partial charge in [0, 0.05) is 54.8 Å². The number of ether oxygens (including phenoxy) is 9. The van der Waals surface area contributed by atoms with Crippen LogP contribution < -0.4 is 0 Å². The van der Waals surface area contributed by atoms with E-state index in [1.165, 1.54) is 7.11 Å². The van der Waals surface area contributed by atoms with Crippen molar-refractivity contribution in [1.29, 1.82) is 0 Å². The van der Waals surface area contributed by atoms with Gasteiger partial charge in [-0.25, -0.2) is 0 Å². The van der Waals surface area contributed by atoms with Crippen molar-refractivity contribution in [2.75, 3.05) is 49.8 Å². The topological polar surface area (TPSA) is 103 Å². The van der Waals surface area contributed by atoms with Crippen LogP contribution in [0.2, 0.25) is 15.1 Å². The fourth-order valence-electron chi connectivity index (χ4n) is 5.93.